The normalized spacial score (nSPS) is 14.5. The number of carbonyl (C=O) groups is 2. The number of rotatable bonds is 4. The van der Waals surface area contributed by atoms with Crippen molar-refractivity contribution in [1.82, 2.24) is 20.2 Å². The minimum atomic E-state index is -0.662. The fourth-order valence-corrected chi connectivity index (χ4v) is 2.26. The second kappa shape index (κ2) is 5.84. The van der Waals surface area contributed by atoms with E-state index in [2.05, 4.69) is 19.7 Å². The van der Waals surface area contributed by atoms with Crippen molar-refractivity contribution in [2.75, 3.05) is 13.1 Å². The molecular weight excluding hydrogens is 288 g/mol. The molecule has 2 aromatic rings. The Morgan fingerprint density at radius 3 is 2.91 bits per heavy atom. The van der Waals surface area contributed by atoms with Gasteiger partial charge in [-0.05, 0) is 11.6 Å². The van der Waals surface area contributed by atoms with Gasteiger partial charge in [0.1, 0.15) is 12.0 Å². The molecule has 0 atom stereocenters. The van der Waals surface area contributed by atoms with Crippen LogP contribution in [0.2, 0.25) is 0 Å². The van der Waals surface area contributed by atoms with Crippen LogP contribution < -0.4 is 11.1 Å². The summed E-state index contributed by atoms with van der Waals surface area (Å²) in [4.78, 5) is 42.4. The van der Waals surface area contributed by atoms with Crippen LogP contribution in [0.4, 0.5) is 0 Å². The van der Waals surface area contributed by atoms with Crippen molar-refractivity contribution >= 4 is 11.8 Å². The molecule has 1 aliphatic heterocycles. The zero-order valence-corrected chi connectivity index (χ0v) is 11.6. The molecule has 2 amide bonds. The molecule has 0 saturated carbocycles. The second-order valence-electron chi connectivity index (χ2n) is 5.07. The average molecular weight is 302 g/mol. The molecule has 22 heavy (non-hydrogen) atoms. The maximum absolute atomic E-state index is 11.9. The number of H-pyrrole nitrogens is 1. The summed E-state index contributed by atoms with van der Waals surface area (Å²) >= 11 is 0. The van der Waals surface area contributed by atoms with Gasteiger partial charge in [-0.1, -0.05) is 6.07 Å². The maximum atomic E-state index is 11.9. The van der Waals surface area contributed by atoms with Crippen molar-refractivity contribution in [3.05, 3.63) is 52.6 Å². The molecule has 0 spiro atoms. The molecule has 3 rings (SSSR count). The maximum Gasteiger partial charge on any atom is 0.416 e. The number of amides is 2. The third kappa shape index (κ3) is 3.05. The summed E-state index contributed by atoms with van der Waals surface area (Å²) in [5, 5.41) is 2.85. The minimum Gasteiger partial charge on any atom is -0.416 e. The average Bonchev–Trinajstić information content (AvgIpc) is 2.89. The van der Waals surface area contributed by atoms with E-state index in [1.807, 2.05) is 6.07 Å². The number of oxazole rings is 1. The molecule has 0 bridgehead atoms. The number of aromatic nitrogens is 2. The fourth-order valence-electron chi connectivity index (χ4n) is 2.26. The number of likely N-dealkylation sites (tertiary alicyclic amines) is 1. The molecule has 8 nitrogen and oxygen atoms in total. The van der Waals surface area contributed by atoms with Crippen LogP contribution in [0.25, 0.3) is 0 Å². The van der Waals surface area contributed by atoms with Crippen LogP contribution in [-0.2, 0) is 11.2 Å². The Bertz CT molecular complexity index is 731. The van der Waals surface area contributed by atoms with E-state index in [4.69, 9.17) is 0 Å². The van der Waals surface area contributed by atoms with E-state index in [1.54, 1.807) is 18.5 Å². The molecule has 0 unspecified atom stereocenters. The van der Waals surface area contributed by atoms with E-state index in [0.29, 0.717) is 13.1 Å². The van der Waals surface area contributed by atoms with Gasteiger partial charge in [-0.3, -0.25) is 19.6 Å². The van der Waals surface area contributed by atoms with Crippen molar-refractivity contribution in [1.29, 1.82) is 0 Å². The summed E-state index contributed by atoms with van der Waals surface area (Å²) in [6.07, 6.45) is 4.65. The Kier molecular flexibility index (Phi) is 3.73. The van der Waals surface area contributed by atoms with Crippen molar-refractivity contribution in [2.45, 2.75) is 12.5 Å². The van der Waals surface area contributed by atoms with Gasteiger partial charge < -0.3 is 14.6 Å². The molecule has 1 fully saturated rings. The third-order valence-corrected chi connectivity index (χ3v) is 3.37. The molecule has 3 heterocycles. The monoisotopic (exact) mass is 302 g/mol. The van der Waals surface area contributed by atoms with E-state index in [0.717, 1.165) is 11.8 Å². The number of hydrogen-bond acceptors (Lipinski definition) is 5. The van der Waals surface area contributed by atoms with Gasteiger partial charge in [-0.15, -0.1) is 0 Å². The topological polar surface area (TPSA) is 108 Å². The van der Waals surface area contributed by atoms with Crippen LogP contribution in [0.1, 0.15) is 16.1 Å². The summed E-state index contributed by atoms with van der Waals surface area (Å²) in [5.41, 5.74) is 0.952. The van der Waals surface area contributed by atoms with Crippen LogP contribution in [-0.4, -0.2) is 45.8 Å². The first kappa shape index (κ1) is 14.1. The first-order valence-electron chi connectivity index (χ1n) is 6.77. The molecule has 8 heteroatoms. The molecule has 1 aliphatic rings. The van der Waals surface area contributed by atoms with Crippen LogP contribution in [0, 0.1) is 0 Å². The van der Waals surface area contributed by atoms with E-state index in [1.165, 1.54) is 4.90 Å². The Morgan fingerprint density at radius 2 is 2.27 bits per heavy atom. The molecular formula is C14H14N4O4. The van der Waals surface area contributed by atoms with Gasteiger partial charge in [0.05, 0.1) is 12.5 Å². The summed E-state index contributed by atoms with van der Waals surface area (Å²) in [6.45, 7) is 0.815. The van der Waals surface area contributed by atoms with Gasteiger partial charge in [0, 0.05) is 25.5 Å². The van der Waals surface area contributed by atoms with E-state index < -0.39 is 5.76 Å². The van der Waals surface area contributed by atoms with Gasteiger partial charge in [0.15, 0.2) is 0 Å². The van der Waals surface area contributed by atoms with Crippen LogP contribution in [0.15, 0.2) is 40.0 Å². The number of hydrogen-bond donors (Lipinski definition) is 2. The van der Waals surface area contributed by atoms with E-state index in [-0.39, 0.29) is 30.0 Å². The Hall–Kier alpha value is -2.90. The van der Waals surface area contributed by atoms with Gasteiger partial charge in [-0.25, -0.2) is 4.79 Å². The first-order valence-corrected chi connectivity index (χ1v) is 6.77. The Labute approximate surface area is 125 Å². The SMILES string of the molecule is O=C(Cc1cccnc1)NC1CN(C(=O)c2coc(=O)[nH]2)C1. The van der Waals surface area contributed by atoms with Crippen LogP contribution >= 0.6 is 0 Å². The first-order chi connectivity index (χ1) is 10.6. The summed E-state index contributed by atoms with van der Waals surface area (Å²) in [6, 6.07) is 3.53. The Morgan fingerprint density at radius 1 is 1.45 bits per heavy atom. The van der Waals surface area contributed by atoms with Gasteiger partial charge in [0.2, 0.25) is 5.91 Å². The molecule has 2 aromatic heterocycles. The Balaban J connectivity index is 1.46. The van der Waals surface area contributed by atoms with Gasteiger partial charge in [-0.2, -0.15) is 0 Å². The van der Waals surface area contributed by atoms with E-state index >= 15 is 0 Å². The zero-order chi connectivity index (χ0) is 15.5. The van der Waals surface area contributed by atoms with Crippen molar-refractivity contribution in [3.63, 3.8) is 0 Å². The summed E-state index contributed by atoms with van der Waals surface area (Å²) < 4.78 is 4.53. The number of pyridine rings is 1. The number of carbonyl (C=O) groups excluding carboxylic acids is 2. The van der Waals surface area contributed by atoms with Crippen molar-refractivity contribution in [2.24, 2.45) is 0 Å². The van der Waals surface area contributed by atoms with Crippen LogP contribution in [0.5, 0.6) is 0 Å². The number of aromatic amines is 1. The zero-order valence-electron chi connectivity index (χ0n) is 11.6. The highest BCUT2D eigenvalue weighted by Crippen LogP contribution is 2.12. The lowest BCUT2D eigenvalue weighted by atomic mass is 10.1. The molecule has 0 aromatic carbocycles. The molecule has 0 aliphatic carbocycles. The third-order valence-electron chi connectivity index (χ3n) is 3.37. The highest BCUT2D eigenvalue weighted by atomic mass is 16.4. The predicted molar refractivity (Wildman–Crippen MR) is 75.1 cm³/mol. The van der Waals surface area contributed by atoms with Gasteiger partial charge in [0.25, 0.3) is 5.91 Å². The lowest BCUT2D eigenvalue weighted by Crippen LogP contribution is -2.61. The summed E-state index contributed by atoms with van der Waals surface area (Å²) in [5.74, 6) is -1.09. The second-order valence-corrected chi connectivity index (χ2v) is 5.07. The molecule has 1 saturated heterocycles. The molecule has 114 valence electrons. The number of nitrogens with one attached hydrogen (secondary N) is 2. The van der Waals surface area contributed by atoms with Crippen LogP contribution in [0.3, 0.4) is 0 Å². The van der Waals surface area contributed by atoms with Gasteiger partial charge >= 0.3 is 5.76 Å². The quantitative estimate of drug-likeness (QED) is 0.795. The lowest BCUT2D eigenvalue weighted by Gasteiger charge is -2.39. The highest BCUT2D eigenvalue weighted by molar-refractivity contribution is 5.92. The summed E-state index contributed by atoms with van der Waals surface area (Å²) in [7, 11) is 0. The lowest BCUT2D eigenvalue weighted by molar-refractivity contribution is -0.122. The standard InChI is InChI=1S/C14H14N4O4/c19-12(4-9-2-1-3-15-5-9)16-10-6-18(7-10)13(20)11-8-22-14(21)17-11/h1-3,5,8,10H,4,6-7H2,(H,16,19)(H,17,21). The minimum absolute atomic E-state index is 0.0771. The molecule has 0 radical (unpaired) electrons. The van der Waals surface area contributed by atoms with E-state index in [9.17, 15) is 14.4 Å². The van der Waals surface area contributed by atoms with Crippen molar-refractivity contribution in [3.8, 4) is 0 Å². The largest absolute Gasteiger partial charge is 0.416 e. The number of nitrogens with zero attached hydrogens (tertiary/aromatic N) is 2. The predicted octanol–water partition coefficient (Wildman–Crippen LogP) is -0.454. The molecule has 2 N–H and O–H groups in total. The van der Waals surface area contributed by atoms with Crippen molar-refractivity contribution < 1.29 is 14.0 Å². The smallest absolute Gasteiger partial charge is 0.416 e. The fraction of sp³-hybridized carbons (Fsp3) is 0.286. The highest BCUT2D eigenvalue weighted by Gasteiger charge is 2.33.